The number of tetrazole rings is 1. The van der Waals surface area contributed by atoms with Crippen molar-refractivity contribution >= 4 is 34.1 Å². The molecule has 1 aromatic carbocycles. The standard InChI is InChI=1S/C12H11ClFN7/c13-7-5-9-10(6-8(7)14)21-12(17-18-19-21)11(16-9)20-3-1-15-2-4-20/h5-6,15H,1-4H2. The molecular formula is C12H11ClFN7. The lowest BCUT2D eigenvalue weighted by molar-refractivity contribution is 0.585. The quantitative estimate of drug-likeness (QED) is 0.719. The molecule has 0 spiro atoms. The maximum atomic E-state index is 13.7. The van der Waals surface area contributed by atoms with E-state index in [1.165, 1.54) is 16.6 Å². The Labute approximate surface area is 123 Å². The van der Waals surface area contributed by atoms with E-state index in [0.29, 0.717) is 22.5 Å². The Balaban J connectivity index is 2.00. The molecule has 3 heterocycles. The van der Waals surface area contributed by atoms with E-state index in [1.54, 1.807) is 0 Å². The summed E-state index contributed by atoms with van der Waals surface area (Å²) < 4.78 is 15.2. The first-order valence-electron chi connectivity index (χ1n) is 6.56. The van der Waals surface area contributed by atoms with Crippen molar-refractivity contribution in [3.8, 4) is 0 Å². The van der Waals surface area contributed by atoms with Gasteiger partial charge in [0.05, 0.1) is 16.1 Å². The zero-order valence-electron chi connectivity index (χ0n) is 10.9. The summed E-state index contributed by atoms with van der Waals surface area (Å²) in [5.41, 5.74) is 1.58. The highest BCUT2D eigenvalue weighted by molar-refractivity contribution is 6.31. The Hall–Kier alpha value is -2.06. The molecule has 0 unspecified atom stereocenters. The molecule has 108 valence electrons. The lowest BCUT2D eigenvalue weighted by Gasteiger charge is -2.28. The van der Waals surface area contributed by atoms with Crippen molar-refractivity contribution in [2.45, 2.75) is 0 Å². The molecule has 0 atom stereocenters. The molecular weight excluding hydrogens is 297 g/mol. The van der Waals surface area contributed by atoms with E-state index in [2.05, 4.69) is 30.7 Å². The molecule has 1 N–H and O–H groups in total. The molecule has 9 heteroatoms. The predicted octanol–water partition coefficient (Wildman–Crippen LogP) is 0.875. The van der Waals surface area contributed by atoms with Crippen LogP contribution in [0.25, 0.3) is 16.7 Å². The van der Waals surface area contributed by atoms with Gasteiger partial charge in [-0.1, -0.05) is 11.6 Å². The number of hydrogen-bond acceptors (Lipinski definition) is 6. The van der Waals surface area contributed by atoms with Gasteiger partial charge in [-0.25, -0.2) is 9.37 Å². The topological polar surface area (TPSA) is 71.2 Å². The van der Waals surface area contributed by atoms with Crippen LogP contribution in [-0.2, 0) is 0 Å². The highest BCUT2D eigenvalue weighted by Gasteiger charge is 2.20. The Kier molecular flexibility index (Phi) is 2.86. The van der Waals surface area contributed by atoms with Gasteiger partial charge in [0.15, 0.2) is 5.82 Å². The fourth-order valence-corrected chi connectivity index (χ4v) is 2.68. The van der Waals surface area contributed by atoms with Crippen LogP contribution in [-0.4, -0.2) is 51.2 Å². The summed E-state index contributed by atoms with van der Waals surface area (Å²) in [7, 11) is 0. The largest absolute Gasteiger partial charge is 0.351 e. The van der Waals surface area contributed by atoms with Crippen LogP contribution < -0.4 is 10.2 Å². The number of anilines is 1. The fraction of sp³-hybridized carbons (Fsp3) is 0.333. The van der Waals surface area contributed by atoms with Crippen LogP contribution in [0.5, 0.6) is 0 Å². The first kappa shape index (κ1) is 12.7. The van der Waals surface area contributed by atoms with E-state index >= 15 is 0 Å². The summed E-state index contributed by atoms with van der Waals surface area (Å²) >= 11 is 5.85. The van der Waals surface area contributed by atoms with Gasteiger partial charge in [0, 0.05) is 32.2 Å². The molecule has 0 aliphatic carbocycles. The van der Waals surface area contributed by atoms with Crippen molar-refractivity contribution in [3.05, 3.63) is 23.0 Å². The van der Waals surface area contributed by atoms with Crippen molar-refractivity contribution in [1.82, 2.24) is 30.3 Å². The minimum Gasteiger partial charge on any atom is -0.351 e. The average Bonchev–Trinajstić information content (AvgIpc) is 2.99. The van der Waals surface area contributed by atoms with Crippen LogP contribution in [0, 0.1) is 5.82 Å². The van der Waals surface area contributed by atoms with E-state index in [1.807, 2.05) is 0 Å². The zero-order valence-corrected chi connectivity index (χ0v) is 11.7. The number of nitrogens with zero attached hydrogens (tertiary/aromatic N) is 6. The van der Waals surface area contributed by atoms with Gasteiger partial charge in [-0.05, 0) is 16.5 Å². The predicted molar refractivity (Wildman–Crippen MR) is 76.1 cm³/mol. The zero-order chi connectivity index (χ0) is 14.4. The number of hydrogen-bond donors (Lipinski definition) is 1. The van der Waals surface area contributed by atoms with Crippen LogP contribution in [0.1, 0.15) is 0 Å². The first-order chi connectivity index (χ1) is 10.2. The van der Waals surface area contributed by atoms with E-state index in [0.717, 1.165) is 26.2 Å². The third-order valence-electron chi connectivity index (χ3n) is 3.56. The Morgan fingerprint density at radius 3 is 2.86 bits per heavy atom. The third kappa shape index (κ3) is 1.98. The smallest absolute Gasteiger partial charge is 0.222 e. The third-order valence-corrected chi connectivity index (χ3v) is 3.85. The molecule has 1 saturated heterocycles. The first-order valence-corrected chi connectivity index (χ1v) is 6.94. The lowest BCUT2D eigenvalue weighted by Crippen LogP contribution is -2.44. The van der Waals surface area contributed by atoms with Gasteiger partial charge in [0.25, 0.3) is 0 Å². The molecule has 3 aromatic rings. The van der Waals surface area contributed by atoms with Gasteiger partial charge in [-0.3, -0.25) is 0 Å². The van der Waals surface area contributed by atoms with Crippen molar-refractivity contribution in [2.24, 2.45) is 0 Å². The average molecular weight is 308 g/mol. The number of benzene rings is 1. The van der Waals surface area contributed by atoms with Crippen molar-refractivity contribution in [2.75, 3.05) is 31.1 Å². The molecule has 0 bridgehead atoms. The number of piperazine rings is 1. The van der Waals surface area contributed by atoms with Crippen molar-refractivity contribution in [1.29, 1.82) is 0 Å². The van der Waals surface area contributed by atoms with Gasteiger partial charge < -0.3 is 10.2 Å². The highest BCUT2D eigenvalue weighted by Crippen LogP contribution is 2.26. The number of nitrogens with one attached hydrogen (secondary N) is 1. The van der Waals surface area contributed by atoms with Gasteiger partial charge in [0.2, 0.25) is 5.65 Å². The monoisotopic (exact) mass is 307 g/mol. The SMILES string of the molecule is Fc1cc2c(cc1Cl)nc(N1CCNCC1)c1nnnn12. The molecule has 0 radical (unpaired) electrons. The second-order valence-corrected chi connectivity index (χ2v) is 5.25. The van der Waals surface area contributed by atoms with E-state index in [4.69, 9.17) is 11.6 Å². The maximum absolute atomic E-state index is 13.7. The normalized spacial score (nSPS) is 16.0. The maximum Gasteiger partial charge on any atom is 0.222 e. The number of halogens is 2. The fourth-order valence-electron chi connectivity index (χ4n) is 2.53. The van der Waals surface area contributed by atoms with Gasteiger partial charge in [0.1, 0.15) is 5.82 Å². The summed E-state index contributed by atoms with van der Waals surface area (Å²) in [6.07, 6.45) is 0. The molecule has 1 aliphatic heterocycles. The van der Waals surface area contributed by atoms with Crippen molar-refractivity contribution in [3.63, 3.8) is 0 Å². The second kappa shape index (κ2) is 4.74. The van der Waals surface area contributed by atoms with Crippen LogP contribution in [0.3, 0.4) is 0 Å². The molecule has 1 aliphatic rings. The van der Waals surface area contributed by atoms with E-state index in [9.17, 15) is 4.39 Å². The number of rotatable bonds is 1. The number of fused-ring (bicyclic) bond motifs is 3. The van der Waals surface area contributed by atoms with Gasteiger partial charge in [-0.2, -0.15) is 4.52 Å². The Bertz CT molecular complexity index is 827. The molecule has 2 aromatic heterocycles. The van der Waals surface area contributed by atoms with Crippen LogP contribution >= 0.6 is 11.6 Å². The number of aromatic nitrogens is 5. The summed E-state index contributed by atoms with van der Waals surface area (Å²) in [4.78, 5) is 6.69. The van der Waals surface area contributed by atoms with Crippen molar-refractivity contribution < 1.29 is 4.39 Å². The molecule has 21 heavy (non-hydrogen) atoms. The molecule has 4 rings (SSSR count). The van der Waals surface area contributed by atoms with Crippen LogP contribution in [0.2, 0.25) is 5.02 Å². The Morgan fingerprint density at radius 2 is 2.05 bits per heavy atom. The lowest BCUT2D eigenvalue weighted by atomic mass is 10.2. The van der Waals surface area contributed by atoms with E-state index < -0.39 is 5.82 Å². The summed E-state index contributed by atoms with van der Waals surface area (Å²) in [6, 6.07) is 2.80. The molecule has 7 nitrogen and oxygen atoms in total. The Morgan fingerprint density at radius 1 is 1.24 bits per heavy atom. The molecule has 0 amide bonds. The summed E-state index contributed by atoms with van der Waals surface area (Å²) in [6.45, 7) is 3.38. The van der Waals surface area contributed by atoms with Gasteiger partial charge in [-0.15, -0.1) is 5.10 Å². The highest BCUT2D eigenvalue weighted by atomic mass is 35.5. The minimum absolute atomic E-state index is 0.0358. The van der Waals surface area contributed by atoms with Crippen LogP contribution in [0.4, 0.5) is 10.2 Å². The second-order valence-electron chi connectivity index (χ2n) is 4.84. The van der Waals surface area contributed by atoms with Crippen LogP contribution in [0.15, 0.2) is 12.1 Å². The summed E-state index contributed by atoms with van der Waals surface area (Å²) in [5, 5.41) is 15.0. The van der Waals surface area contributed by atoms with E-state index in [-0.39, 0.29) is 5.02 Å². The van der Waals surface area contributed by atoms with Gasteiger partial charge >= 0.3 is 0 Å². The minimum atomic E-state index is -0.516. The molecule has 0 saturated carbocycles. The molecule has 1 fully saturated rings. The summed E-state index contributed by atoms with van der Waals surface area (Å²) in [5.74, 6) is 0.175.